The van der Waals surface area contributed by atoms with Crippen molar-refractivity contribution in [2.75, 3.05) is 0 Å². The Balaban J connectivity index is 2.34. The van der Waals surface area contributed by atoms with Crippen molar-refractivity contribution in [1.29, 1.82) is 0 Å². The summed E-state index contributed by atoms with van der Waals surface area (Å²) in [6.45, 7) is 4.96. The van der Waals surface area contributed by atoms with Crippen LogP contribution in [0.4, 0.5) is 0 Å². The van der Waals surface area contributed by atoms with Gasteiger partial charge in [-0.25, -0.2) is 9.67 Å². The van der Waals surface area contributed by atoms with E-state index in [1.165, 1.54) is 16.7 Å². The summed E-state index contributed by atoms with van der Waals surface area (Å²) in [5.74, 6) is 1.20. The minimum atomic E-state index is 0.394. The fourth-order valence-electron chi connectivity index (χ4n) is 1.77. The molecule has 0 aliphatic rings. The lowest BCUT2D eigenvalue weighted by atomic mass is 10.0. The number of hydrogen-bond donors (Lipinski definition) is 0. The van der Waals surface area contributed by atoms with Crippen LogP contribution in [0.5, 0.6) is 0 Å². The quantitative estimate of drug-likeness (QED) is 0.766. The maximum absolute atomic E-state index is 5.80. The minimum Gasteiger partial charge on any atom is -0.244 e. The molecule has 0 saturated carbocycles. The predicted octanol–water partition coefficient (Wildman–Crippen LogP) is 2.68. The van der Waals surface area contributed by atoms with E-state index in [9.17, 15) is 0 Å². The van der Waals surface area contributed by atoms with E-state index < -0.39 is 0 Å². The van der Waals surface area contributed by atoms with Crippen molar-refractivity contribution in [2.24, 2.45) is 0 Å². The summed E-state index contributed by atoms with van der Waals surface area (Å²) < 4.78 is 1.85. The van der Waals surface area contributed by atoms with Crippen LogP contribution in [0.25, 0.3) is 0 Å². The Labute approximate surface area is 100 Å². The number of hydrogen-bond acceptors (Lipinski definition) is 2. The summed E-state index contributed by atoms with van der Waals surface area (Å²) >= 11 is 5.80. The third kappa shape index (κ3) is 2.09. The summed E-state index contributed by atoms with van der Waals surface area (Å²) in [5.41, 5.74) is 3.84. The topological polar surface area (TPSA) is 30.7 Å². The Kier molecular flexibility index (Phi) is 3.25. The molecule has 0 radical (unpaired) electrons. The van der Waals surface area contributed by atoms with Gasteiger partial charge in [-0.1, -0.05) is 18.2 Å². The highest BCUT2D eigenvalue weighted by Crippen LogP contribution is 2.15. The van der Waals surface area contributed by atoms with Crippen molar-refractivity contribution < 1.29 is 0 Å². The van der Waals surface area contributed by atoms with Gasteiger partial charge in [0.05, 0.1) is 12.4 Å². The Morgan fingerprint density at radius 2 is 1.94 bits per heavy atom. The first-order valence-corrected chi connectivity index (χ1v) is 5.73. The number of aryl methyl sites for hydroxylation is 2. The van der Waals surface area contributed by atoms with Crippen LogP contribution < -0.4 is 0 Å². The van der Waals surface area contributed by atoms with Crippen LogP contribution in [0.15, 0.2) is 24.5 Å². The van der Waals surface area contributed by atoms with Crippen LogP contribution in [0.1, 0.15) is 22.5 Å². The molecule has 3 nitrogen and oxygen atoms in total. The van der Waals surface area contributed by atoms with Gasteiger partial charge >= 0.3 is 0 Å². The van der Waals surface area contributed by atoms with E-state index in [-0.39, 0.29) is 0 Å². The number of benzene rings is 1. The molecule has 0 aliphatic heterocycles. The Bertz CT molecular complexity index is 471. The summed E-state index contributed by atoms with van der Waals surface area (Å²) in [4.78, 5) is 4.11. The van der Waals surface area contributed by atoms with Gasteiger partial charge in [-0.15, -0.1) is 11.6 Å². The maximum atomic E-state index is 5.80. The first kappa shape index (κ1) is 11.1. The van der Waals surface area contributed by atoms with Crippen LogP contribution in [-0.4, -0.2) is 14.8 Å². The predicted molar refractivity (Wildman–Crippen MR) is 64.6 cm³/mol. The third-order valence-corrected chi connectivity index (χ3v) is 3.01. The lowest BCUT2D eigenvalue weighted by Crippen LogP contribution is -2.08. The molecule has 0 saturated heterocycles. The second-order valence-electron chi connectivity index (χ2n) is 3.84. The molecule has 0 N–H and O–H groups in total. The summed E-state index contributed by atoms with van der Waals surface area (Å²) in [5, 5.41) is 4.19. The summed E-state index contributed by atoms with van der Waals surface area (Å²) in [6.07, 6.45) is 1.55. The zero-order valence-electron chi connectivity index (χ0n) is 9.44. The van der Waals surface area contributed by atoms with Crippen LogP contribution in [0.3, 0.4) is 0 Å². The molecule has 1 heterocycles. The molecule has 0 amide bonds. The van der Waals surface area contributed by atoms with E-state index >= 15 is 0 Å². The molecule has 16 heavy (non-hydrogen) atoms. The van der Waals surface area contributed by atoms with E-state index in [4.69, 9.17) is 11.6 Å². The molecule has 0 unspecified atom stereocenters. The number of halogens is 1. The van der Waals surface area contributed by atoms with Crippen molar-refractivity contribution >= 4 is 11.6 Å². The van der Waals surface area contributed by atoms with Gasteiger partial charge in [0.25, 0.3) is 0 Å². The van der Waals surface area contributed by atoms with Gasteiger partial charge in [0.15, 0.2) is 0 Å². The van der Waals surface area contributed by atoms with Gasteiger partial charge in [-0.3, -0.25) is 0 Å². The van der Waals surface area contributed by atoms with Crippen LogP contribution in [0, 0.1) is 13.8 Å². The zero-order chi connectivity index (χ0) is 11.5. The lowest BCUT2D eigenvalue weighted by Gasteiger charge is -2.10. The smallest absolute Gasteiger partial charge is 0.142 e. The van der Waals surface area contributed by atoms with Crippen LogP contribution in [-0.2, 0) is 12.4 Å². The number of nitrogens with zero attached hydrogens (tertiary/aromatic N) is 3. The first-order chi connectivity index (χ1) is 7.72. The molecule has 0 fully saturated rings. The Morgan fingerprint density at radius 3 is 2.56 bits per heavy atom. The van der Waals surface area contributed by atoms with Crippen molar-refractivity contribution in [2.45, 2.75) is 26.3 Å². The van der Waals surface area contributed by atoms with Gasteiger partial charge in [-0.05, 0) is 30.5 Å². The molecule has 1 aromatic heterocycles. The molecule has 2 aromatic rings. The van der Waals surface area contributed by atoms with Crippen molar-refractivity contribution in [3.05, 3.63) is 47.0 Å². The third-order valence-electron chi connectivity index (χ3n) is 2.77. The monoisotopic (exact) mass is 235 g/mol. The molecule has 4 heteroatoms. The summed E-state index contributed by atoms with van der Waals surface area (Å²) in [6, 6.07) is 6.29. The highest BCUT2D eigenvalue weighted by atomic mass is 35.5. The fourth-order valence-corrected chi connectivity index (χ4v) is 1.98. The SMILES string of the molecule is Cc1cccc(C)c1Cn1ncnc1CCl. The van der Waals surface area contributed by atoms with Gasteiger partial charge < -0.3 is 0 Å². The maximum Gasteiger partial charge on any atom is 0.142 e. The molecule has 84 valence electrons. The molecule has 0 atom stereocenters. The van der Waals surface area contributed by atoms with E-state index in [0.717, 1.165) is 12.4 Å². The molecule has 0 bridgehead atoms. The van der Waals surface area contributed by atoms with Gasteiger partial charge in [-0.2, -0.15) is 5.10 Å². The first-order valence-electron chi connectivity index (χ1n) is 5.20. The van der Waals surface area contributed by atoms with Crippen molar-refractivity contribution in [3.8, 4) is 0 Å². The average molecular weight is 236 g/mol. The summed E-state index contributed by atoms with van der Waals surface area (Å²) in [7, 11) is 0. The van der Waals surface area contributed by atoms with Gasteiger partial charge in [0, 0.05) is 0 Å². The van der Waals surface area contributed by atoms with E-state index in [1.807, 2.05) is 4.68 Å². The van der Waals surface area contributed by atoms with Gasteiger partial charge in [0.2, 0.25) is 0 Å². The Morgan fingerprint density at radius 1 is 1.25 bits per heavy atom. The molecule has 0 spiro atoms. The standard InChI is InChI=1S/C12H14ClN3/c1-9-4-3-5-10(2)11(9)7-16-12(6-13)14-8-15-16/h3-5,8H,6-7H2,1-2H3. The van der Waals surface area contributed by atoms with E-state index in [0.29, 0.717) is 5.88 Å². The highest BCUT2D eigenvalue weighted by Gasteiger charge is 2.07. The van der Waals surface area contributed by atoms with E-state index in [2.05, 4.69) is 42.1 Å². The van der Waals surface area contributed by atoms with Crippen molar-refractivity contribution in [1.82, 2.24) is 14.8 Å². The number of rotatable bonds is 3. The molecular formula is C12H14ClN3. The van der Waals surface area contributed by atoms with Crippen LogP contribution >= 0.6 is 11.6 Å². The number of alkyl halides is 1. The lowest BCUT2D eigenvalue weighted by molar-refractivity contribution is 0.651. The normalized spacial score (nSPS) is 10.7. The zero-order valence-corrected chi connectivity index (χ0v) is 10.2. The largest absolute Gasteiger partial charge is 0.244 e. The fraction of sp³-hybridized carbons (Fsp3) is 0.333. The molecule has 0 aliphatic carbocycles. The molecule has 2 rings (SSSR count). The minimum absolute atomic E-state index is 0.394. The van der Waals surface area contributed by atoms with Gasteiger partial charge in [0.1, 0.15) is 12.2 Å². The molecule has 1 aromatic carbocycles. The van der Waals surface area contributed by atoms with Crippen molar-refractivity contribution in [3.63, 3.8) is 0 Å². The second-order valence-corrected chi connectivity index (χ2v) is 4.11. The van der Waals surface area contributed by atoms with Crippen LogP contribution in [0.2, 0.25) is 0 Å². The average Bonchev–Trinajstić information content (AvgIpc) is 2.71. The van der Waals surface area contributed by atoms with E-state index in [1.54, 1.807) is 6.33 Å². The second kappa shape index (κ2) is 4.66. The highest BCUT2D eigenvalue weighted by molar-refractivity contribution is 6.16. The Hall–Kier alpha value is -1.35. The number of aromatic nitrogens is 3. The molecular weight excluding hydrogens is 222 g/mol.